The highest BCUT2D eigenvalue weighted by Gasteiger charge is 2.23. The molecule has 0 amide bonds. The van der Waals surface area contributed by atoms with Crippen LogP contribution in [0.1, 0.15) is 24.8 Å². The van der Waals surface area contributed by atoms with Crippen molar-refractivity contribution in [3.8, 4) is 0 Å². The van der Waals surface area contributed by atoms with E-state index in [9.17, 15) is 8.42 Å². The van der Waals surface area contributed by atoms with Crippen molar-refractivity contribution in [3.05, 3.63) is 28.8 Å². The van der Waals surface area contributed by atoms with Crippen LogP contribution in [0, 0.1) is 5.92 Å². The zero-order valence-electron chi connectivity index (χ0n) is 10.9. The lowest BCUT2D eigenvalue weighted by Crippen LogP contribution is -2.25. The average Bonchev–Trinajstić information content (AvgIpc) is 3.15. The lowest BCUT2D eigenvalue weighted by atomic mass is 10.2. The molecule has 2 rings (SSSR count). The quantitative estimate of drug-likeness (QED) is 0.811. The fourth-order valence-electron chi connectivity index (χ4n) is 1.95. The van der Waals surface area contributed by atoms with Gasteiger partial charge in [-0.05, 0) is 37.1 Å². The predicted octanol–water partition coefficient (Wildman–Crippen LogP) is 2.14. The number of sulfonamides is 1. The third-order valence-corrected chi connectivity index (χ3v) is 5.15. The van der Waals surface area contributed by atoms with Gasteiger partial charge in [-0.15, -0.1) is 0 Å². The van der Waals surface area contributed by atoms with E-state index < -0.39 is 10.0 Å². The summed E-state index contributed by atoms with van der Waals surface area (Å²) in [6.45, 7) is 1.10. The average molecular weight is 303 g/mol. The highest BCUT2D eigenvalue weighted by Crippen LogP contribution is 2.32. The van der Waals surface area contributed by atoms with Gasteiger partial charge < -0.3 is 5.32 Å². The largest absolute Gasteiger partial charge is 0.316 e. The molecule has 1 aliphatic rings. The summed E-state index contributed by atoms with van der Waals surface area (Å²) in [4.78, 5) is 0.165. The molecule has 0 unspecified atom stereocenters. The maximum atomic E-state index is 12.2. The molecule has 1 aliphatic carbocycles. The standard InChI is InChI=1S/C13H19ClN2O2S/c1-15-9-11-4-5-12(14)13(8-11)19(17,18)16-7-6-10-2-3-10/h4-5,8,10,15-16H,2-3,6-7,9H2,1H3. The van der Waals surface area contributed by atoms with Crippen molar-refractivity contribution in [2.45, 2.75) is 30.7 Å². The second-order valence-corrected chi connectivity index (χ2v) is 7.07. The molecule has 1 fully saturated rings. The van der Waals surface area contributed by atoms with Crippen LogP contribution in [0.5, 0.6) is 0 Å². The van der Waals surface area contributed by atoms with Gasteiger partial charge in [0.1, 0.15) is 4.90 Å². The fraction of sp³-hybridized carbons (Fsp3) is 0.538. The molecule has 19 heavy (non-hydrogen) atoms. The number of halogens is 1. The van der Waals surface area contributed by atoms with Gasteiger partial charge in [0.25, 0.3) is 0 Å². The van der Waals surface area contributed by atoms with Gasteiger partial charge in [-0.2, -0.15) is 0 Å². The molecule has 1 aromatic carbocycles. The van der Waals surface area contributed by atoms with Crippen LogP contribution in [-0.4, -0.2) is 22.0 Å². The maximum Gasteiger partial charge on any atom is 0.242 e. The molecule has 0 aromatic heterocycles. The predicted molar refractivity (Wildman–Crippen MR) is 76.7 cm³/mol. The van der Waals surface area contributed by atoms with Gasteiger partial charge in [-0.1, -0.05) is 30.5 Å². The number of hydrogen-bond acceptors (Lipinski definition) is 3. The molecule has 0 atom stereocenters. The molecular weight excluding hydrogens is 284 g/mol. The summed E-state index contributed by atoms with van der Waals surface area (Å²) in [7, 11) is -1.69. The summed E-state index contributed by atoms with van der Waals surface area (Å²) < 4.78 is 27.0. The van der Waals surface area contributed by atoms with Crippen molar-refractivity contribution in [3.63, 3.8) is 0 Å². The van der Waals surface area contributed by atoms with E-state index in [0.29, 0.717) is 19.0 Å². The molecule has 0 aliphatic heterocycles. The molecule has 0 spiro atoms. The van der Waals surface area contributed by atoms with Crippen molar-refractivity contribution in [1.29, 1.82) is 0 Å². The molecule has 1 saturated carbocycles. The van der Waals surface area contributed by atoms with Crippen molar-refractivity contribution < 1.29 is 8.42 Å². The van der Waals surface area contributed by atoms with Crippen LogP contribution < -0.4 is 10.0 Å². The van der Waals surface area contributed by atoms with Crippen LogP contribution in [0.15, 0.2) is 23.1 Å². The fourth-order valence-corrected chi connectivity index (χ4v) is 3.55. The zero-order chi connectivity index (χ0) is 13.9. The first-order chi connectivity index (χ1) is 9.03. The highest BCUT2D eigenvalue weighted by molar-refractivity contribution is 7.89. The molecule has 0 radical (unpaired) electrons. The first-order valence-corrected chi connectivity index (χ1v) is 8.32. The Hall–Kier alpha value is -0.620. The highest BCUT2D eigenvalue weighted by atomic mass is 35.5. The Bertz CT molecular complexity index is 542. The summed E-state index contributed by atoms with van der Waals surface area (Å²) in [5, 5.41) is 3.25. The number of nitrogens with one attached hydrogen (secondary N) is 2. The monoisotopic (exact) mass is 302 g/mol. The van der Waals surface area contributed by atoms with E-state index in [0.717, 1.165) is 12.0 Å². The normalized spacial score (nSPS) is 15.7. The van der Waals surface area contributed by atoms with Crippen molar-refractivity contribution >= 4 is 21.6 Å². The Kier molecular flexibility index (Phi) is 4.84. The molecule has 1 aromatic rings. The van der Waals surface area contributed by atoms with E-state index in [-0.39, 0.29) is 9.92 Å². The van der Waals surface area contributed by atoms with E-state index in [2.05, 4.69) is 10.0 Å². The minimum Gasteiger partial charge on any atom is -0.316 e. The van der Waals surface area contributed by atoms with Crippen molar-refractivity contribution in [1.82, 2.24) is 10.0 Å². The van der Waals surface area contributed by atoms with Gasteiger partial charge in [0.05, 0.1) is 5.02 Å². The van der Waals surface area contributed by atoms with Crippen molar-refractivity contribution in [2.75, 3.05) is 13.6 Å². The van der Waals surface area contributed by atoms with Gasteiger partial charge in [0.2, 0.25) is 10.0 Å². The first kappa shape index (κ1) is 14.8. The van der Waals surface area contributed by atoms with E-state index >= 15 is 0 Å². The van der Waals surface area contributed by atoms with Crippen LogP contribution in [-0.2, 0) is 16.6 Å². The number of rotatable bonds is 7. The molecule has 4 nitrogen and oxygen atoms in total. The zero-order valence-corrected chi connectivity index (χ0v) is 12.5. The Morgan fingerprint density at radius 3 is 2.74 bits per heavy atom. The van der Waals surface area contributed by atoms with Gasteiger partial charge >= 0.3 is 0 Å². The third-order valence-electron chi connectivity index (χ3n) is 3.21. The van der Waals surface area contributed by atoms with Gasteiger partial charge in [-0.3, -0.25) is 0 Å². The third kappa shape index (κ3) is 4.18. The molecule has 0 heterocycles. The first-order valence-electron chi connectivity index (χ1n) is 6.45. The molecule has 0 bridgehead atoms. The maximum absolute atomic E-state index is 12.2. The lowest BCUT2D eigenvalue weighted by Gasteiger charge is -2.10. The van der Waals surface area contributed by atoms with Crippen molar-refractivity contribution in [2.24, 2.45) is 5.92 Å². The Balaban J connectivity index is 2.10. The summed E-state index contributed by atoms with van der Waals surface area (Å²) in [6, 6.07) is 5.07. The summed E-state index contributed by atoms with van der Waals surface area (Å²) in [6.07, 6.45) is 3.35. The Morgan fingerprint density at radius 2 is 2.11 bits per heavy atom. The molecule has 6 heteroatoms. The van der Waals surface area contributed by atoms with Crippen LogP contribution in [0.2, 0.25) is 5.02 Å². The van der Waals surface area contributed by atoms with Crippen LogP contribution in [0.4, 0.5) is 0 Å². The minimum atomic E-state index is -3.51. The second-order valence-electron chi connectivity index (χ2n) is 4.92. The topological polar surface area (TPSA) is 58.2 Å². The molecular formula is C13H19ClN2O2S. The van der Waals surface area contributed by atoms with Gasteiger partial charge in [0, 0.05) is 13.1 Å². The van der Waals surface area contributed by atoms with Gasteiger partial charge in [0.15, 0.2) is 0 Å². The summed E-state index contributed by atoms with van der Waals surface area (Å²) >= 11 is 6.00. The molecule has 106 valence electrons. The Labute approximate surface area is 119 Å². The second kappa shape index (κ2) is 6.22. The smallest absolute Gasteiger partial charge is 0.242 e. The number of benzene rings is 1. The summed E-state index contributed by atoms with van der Waals surface area (Å²) in [5.74, 6) is 0.703. The molecule has 0 saturated heterocycles. The van der Waals surface area contributed by atoms with Crippen LogP contribution in [0.25, 0.3) is 0 Å². The van der Waals surface area contributed by atoms with E-state index in [1.165, 1.54) is 12.8 Å². The van der Waals surface area contributed by atoms with E-state index in [1.54, 1.807) is 12.1 Å². The van der Waals surface area contributed by atoms with Crippen LogP contribution in [0.3, 0.4) is 0 Å². The summed E-state index contributed by atoms with van der Waals surface area (Å²) in [5.41, 5.74) is 0.898. The van der Waals surface area contributed by atoms with E-state index in [4.69, 9.17) is 11.6 Å². The minimum absolute atomic E-state index is 0.165. The van der Waals surface area contributed by atoms with Crippen LogP contribution >= 0.6 is 11.6 Å². The SMILES string of the molecule is CNCc1ccc(Cl)c(S(=O)(=O)NCCC2CC2)c1. The van der Waals surface area contributed by atoms with E-state index in [1.807, 2.05) is 13.1 Å². The number of hydrogen-bond donors (Lipinski definition) is 2. The van der Waals surface area contributed by atoms with Gasteiger partial charge in [-0.25, -0.2) is 13.1 Å². The Morgan fingerprint density at radius 1 is 1.37 bits per heavy atom. The lowest BCUT2D eigenvalue weighted by molar-refractivity contribution is 0.575. The molecule has 2 N–H and O–H groups in total.